The molecular formula is C7H12ClN2. The Morgan fingerprint density at radius 2 is 1.90 bits per heavy atom. The molecule has 10 heavy (non-hydrogen) atoms. The highest BCUT2D eigenvalue weighted by atomic mass is 35.5. The first-order valence-corrected chi connectivity index (χ1v) is 3.05. The fourth-order valence-electron chi connectivity index (χ4n) is 0.633. The van der Waals surface area contributed by atoms with E-state index >= 15 is 0 Å². The van der Waals surface area contributed by atoms with Gasteiger partial charge in [-0.25, -0.2) is 0 Å². The molecule has 0 fully saturated rings. The third-order valence-corrected chi connectivity index (χ3v) is 1.23. The van der Waals surface area contributed by atoms with Crippen LogP contribution in [0.5, 0.6) is 0 Å². The first-order valence-electron chi connectivity index (χ1n) is 3.05. The molecule has 0 bridgehead atoms. The van der Waals surface area contributed by atoms with Gasteiger partial charge in [0.2, 0.25) is 0 Å². The van der Waals surface area contributed by atoms with E-state index in [1.54, 1.807) is 6.20 Å². The van der Waals surface area contributed by atoms with Crippen LogP contribution in [-0.2, 0) is 0 Å². The van der Waals surface area contributed by atoms with Crippen LogP contribution in [0.2, 0.25) is 0 Å². The molecule has 0 aliphatic carbocycles. The van der Waals surface area contributed by atoms with Crippen LogP contribution >= 0.6 is 12.4 Å². The van der Waals surface area contributed by atoms with E-state index in [9.17, 15) is 0 Å². The average Bonchev–Trinajstić information content (AvgIpc) is 2.08. The topological polar surface area (TPSA) is 26.5 Å². The molecule has 3 heteroatoms. The zero-order valence-corrected chi connectivity index (χ0v) is 7.27. The normalized spacial score (nSPS) is 15.7. The summed E-state index contributed by atoms with van der Waals surface area (Å²) in [6.45, 7) is 6.37. The van der Waals surface area contributed by atoms with E-state index in [1.807, 2.05) is 6.08 Å². The summed E-state index contributed by atoms with van der Waals surface area (Å²) in [5, 5.41) is 3.94. The first kappa shape index (κ1) is 9.50. The summed E-state index contributed by atoms with van der Waals surface area (Å²) < 4.78 is 0. The predicted octanol–water partition coefficient (Wildman–Crippen LogP) is 1.94. The molecule has 0 saturated carbocycles. The second kappa shape index (κ2) is 3.06. The SMILES string of the molecule is CC(C)(C)C1=N[N]C=C1.Cl. The van der Waals surface area contributed by atoms with Gasteiger partial charge in [0.15, 0.2) is 0 Å². The van der Waals surface area contributed by atoms with Crippen molar-refractivity contribution in [3.63, 3.8) is 0 Å². The summed E-state index contributed by atoms with van der Waals surface area (Å²) in [4.78, 5) is 0. The maximum absolute atomic E-state index is 3.94. The molecule has 0 N–H and O–H groups in total. The molecule has 57 valence electrons. The summed E-state index contributed by atoms with van der Waals surface area (Å²) >= 11 is 0. The molecule has 0 spiro atoms. The third kappa shape index (κ3) is 2.03. The largest absolute Gasteiger partial charge is 0.159 e. The van der Waals surface area contributed by atoms with Crippen molar-refractivity contribution < 1.29 is 0 Å². The van der Waals surface area contributed by atoms with Crippen molar-refractivity contribution in [2.24, 2.45) is 10.5 Å². The van der Waals surface area contributed by atoms with Gasteiger partial charge in [0.25, 0.3) is 0 Å². The molecule has 1 heterocycles. The van der Waals surface area contributed by atoms with E-state index < -0.39 is 0 Å². The standard InChI is InChI=1S/C7H11N2.ClH/c1-7(2,3)6-4-5-8-9-6;/h4-5H,1-3H3;1H. The van der Waals surface area contributed by atoms with E-state index in [2.05, 4.69) is 31.3 Å². The molecule has 0 amide bonds. The Balaban J connectivity index is 0.000000810. The number of nitrogens with zero attached hydrogens (tertiary/aromatic N) is 2. The maximum Gasteiger partial charge on any atom is 0.0699 e. The molecule has 0 aromatic carbocycles. The minimum Gasteiger partial charge on any atom is -0.159 e. The smallest absolute Gasteiger partial charge is 0.0699 e. The minimum absolute atomic E-state index is 0. The number of hydrogen-bond acceptors (Lipinski definition) is 1. The zero-order chi connectivity index (χ0) is 6.91. The fourth-order valence-corrected chi connectivity index (χ4v) is 0.633. The molecular weight excluding hydrogens is 148 g/mol. The molecule has 0 aromatic heterocycles. The van der Waals surface area contributed by atoms with Crippen molar-refractivity contribution in [1.29, 1.82) is 0 Å². The van der Waals surface area contributed by atoms with Gasteiger partial charge in [-0.05, 0) is 6.08 Å². The molecule has 0 atom stereocenters. The molecule has 0 unspecified atom stereocenters. The first-order chi connectivity index (χ1) is 4.11. The van der Waals surface area contributed by atoms with Gasteiger partial charge >= 0.3 is 0 Å². The van der Waals surface area contributed by atoms with Crippen LogP contribution in [0.15, 0.2) is 17.4 Å². The van der Waals surface area contributed by atoms with Crippen LogP contribution < -0.4 is 5.43 Å². The van der Waals surface area contributed by atoms with E-state index in [-0.39, 0.29) is 17.8 Å². The quantitative estimate of drug-likeness (QED) is 0.517. The minimum atomic E-state index is 0. The van der Waals surface area contributed by atoms with Crippen molar-refractivity contribution in [3.05, 3.63) is 12.3 Å². The fraction of sp³-hybridized carbons (Fsp3) is 0.571. The lowest BCUT2D eigenvalue weighted by Crippen LogP contribution is -2.16. The van der Waals surface area contributed by atoms with Gasteiger partial charge in [-0.15, -0.1) is 12.4 Å². The Morgan fingerprint density at radius 1 is 1.30 bits per heavy atom. The monoisotopic (exact) mass is 159 g/mol. The zero-order valence-electron chi connectivity index (χ0n) is 6.46. The highest BCUT2D eigenvalue weighted by molar-refractivity contribution is 5.99. The van der Waals surface area contributed by atoms with Crippen molar-refractivity contribution in [1.82, 2.24) is 5.43 Å². The van der Waals surface area contributed by atoms with Gasteiger partial charge in [0, 0.05) is 5.41 Å². The van der Waals surface area contributed by atoms with Gasteiger partial charge in [0.1, 0.15) is 0 Å². The van der Waals surface area contributed by atoms with E-state index in [1.165, 1.54) is 0 Å². The summed E-state index contributed by atoms with van der Waals surface area (Å²) in [6, 6.07) is 0. The Morgan fingerprint density at radius 3 is 2.10 bits per heavy atom. The lowest BCUT2D eigenvalue weighted by atomic mass is 9.90. The Hall–Kier alpha value is -0.500. The Kier molecular flexibility index (Phi) is 2.91. The average molecular weight is 160 g/mol. The highest BCUT2D eigenvalue weighted by Crippen LogP contribution is 2.18. The second-order valence-electron chi connectivity index (χ2n) is 3.17. The van der Waals surface area contributed by atoms with Gasteiger partial charge < -0.3 is 0 Å². The molecule has 1 radical (unpaired) electrons. The molecule has 1 aliphatic heterocycles. The van der Waals surface area contributed by atoms with E-state index in [4.69, 9.17) is 0 Å². The van der Waals surface area contributed by atoms with Crippen LogP contribution in [0, 0.1) is 5.41 Å². The lowest BCUT2D eigenvalue weighted by molar-refractivity contribution is 0.591. The lowest BCUT2D eigenvalue weighted by Gasteiger charge is -2.14. The van der Waals surface area contributed by atoms with Crippen LogP contribution in [0.4, 0.5) is 0 Å². The number of halogens is 1. The molecule has 0 saturated heterocycles. The number of allylic oxidation sites excluding steroid dienone is 1. The molecule has 1 aliphatic rings. The van der Waals surface area contributed by atoms with Crippen LogP contribution in [0.25, 0.3) is 0 Å². The Bertz CT molecular complexity index is 165. The van der Waals surface area contributed by atoms with Crippen LogP contribution in [0.3, 0.4) is 0 Å². The predicted molar refractivity (Wildman–Crippen MR) is 45.4 cm³/mol. The molecule has 1 rings (SSSR count). The summed E-state index contributed by atoms with van der Waals surface area (Å²) in [5.74, 6) is 0. The van der Waals surface area contributed by atoms with Crippen LogP contribution in [-0.4, -0.2) is 5.71 Å². The summed E-state index contributed by atoms with van der Waals surface area (Å²) in [5.41, 5.74) is 4.95. The summed E-state index contributed by atoms with van der Waals surface area (Å²) in [7, 11) is 0. The van der Waals surface area contributed by atoms with Crippen molar-refractivity contribution in [2.75, 3.05) is 0 Å². The van der Waals surface area contributed by atoms with Gasteiger partial charge in [-0.3, -0.25) is 0 Å². The Labute approximate surface area is 67.8 Å². The summed E-state index contributed by atoms with van der Waals surface area (Å²) in [6.07, 6.45) is 3.67. The van der Waals surface area contributed by atoms with Gasteiger partial charge in [-0.2, -0.15) is 10.5 Å². The molecule has 0 aromatic rings. The molecule has 2 nitrogen and oxygen atoms in total. The number of rotatable bonds is 0. The van der Waals surface area contributed by atoms with Crippen molar-refractivity contribution in [3.8, 4) is 0 Å². The third-order valence-electron chi connectivity index (χ3n) is 1.23. The second-order valence-corrected chi connectivity index (χ2v) is 3.17. The van der Waals surface area contributed by atoms with E-state index in [0.29, 0.717) is 0 Å². The van der Waals surface area contributed by atoms with Crippen molar-refractivity contribution >= 4 is 18.1 Å². The maximum atomic E-state index is 3.94. The van der Waals surface area contributed by atoms with Crippen LogP contribution in [0.1, 0.15) is 20.8 Å². The number of hydrogen-bond donors (Lipinski definition) is 0. The highest BCUT2D eigenvalue weighted by Gasteiger charge is 2.18. The van der Waals surface area contributed by atoms with Crippen molar-refractivity contribution in [2.45, 2.75) is 20.8 Å². The van der Waals surface area contributed by atoms with Gasteiger partial charge in [-0.1, -0.05) is 20.8 Å². The van der Waals surface area contributed by atoms with Gasteiger partial charge in [0.05, 0.1) is 11.9 Å². The van der Waals surface area contributed by atoms with E-state index in [0.717, 1.165) is 5.71 Å².